The van der Waals surface area contributed by atoms with Crippen LogP contribution in [0.15, 0.2) is 36.7 Å². The van der Waals surface area contributed by atoms with Crippen LogP contribution in [0.3, 0.4) is 0 Å². The zero-order valence-electron chi connectivity index (χ0n) is 17.1. The molecule has 1 aliphatic carbocycles. The van der Waals surface area contributed by atoms with Crippen LogP contribution in [0, 0.1) is 0 Å². The molecule has 4 rings (SSSR count). The van der Waals surface area contributed by atoms with E-state index in [0.717, 1.165) is 36.8 Å². The average molecular weight is 396 g/mol. The summed E-state index contributed by atoms with van der Waals surface area (Å²) in [6.07, 6.45) is 7.14. The van der Waals surface area contributed by atoms with E-state index in [1.165, 1.54) is 0 Å². The molecule has 2 aromatic rings. The fraction of sp³-hybridized carbons (Fsp3) is 0.500. The number of carbonyl (C=O) groups is 1. The molecule has 1 atom stereocenters. The molecule has 154 valence electrons. The molecule has 29 heavy (non-hydrogen) atoms. The smallest absolute Gasteiger partial charge is 0.255 e. The quantitative estimate of drug-likeness (QED) is 0.825. The van der Waals surface area contributed by atoms with E-state index in [-0.39, 0.29) is 18.1 Å². The minimum absolute atomic E-state index is 0.0186. The monoisotopic (exact) mass is 396 g/mol. The van der Waals surface area contributed by atoms with Crippen molar-refractivity contribution in [1.82, 2.24) is 9.97 Å². The highest BCUT2D eigenvalue weighted by Crippen LogP contribution is 2.38. The second-order valence-corrected chi connectivity index (χ2v) is 8.36. The molecule has 1 unspecified atom stereocenters. The van der Waals surface area contributed by atoms with Gasteiger partial charge in [0.05, 0.1) is 11.7 Å². The number of carbonyl (C=O) groups excluding carboxylic acids is 1. The predicted molar refractivity (Wildman–Crippen MR) is 111 cm³/mol. The summed E-state index contributed by atoms with van der Waals surface area (Å²) in [5, 5.41) is 13.5. The normalized spacial score (nSPS) is 24.8. The van der Waals surface area contributed by atoms with Gasteiger partial charge in [-0.25, -0.2) is 9.97 Å². The standard InChI is InChI=1S/C22H28N4O3/c1-22(2,28)15-6-4-14(5-7-15)18-21(27)26(16-8-10-17(29-3)11-9-16)20-19(25-18)23-12-13-24-20/h4-7,12-13,16-18,28H,8-11H2,1-3H3,(H,23,25). The number of ether oxygens (including phenoxy) is 1. The summed E-state index contributed by atoms with van der Waals surface area (Å²) < 4.78 is 5.49. The van der Waals surface area contributed by atoms with Gasteiger partial charge in [-0.15, -0.1) is 0 Å². The fourth-order valence-electron chi connectivity index (χ4n) is 4.25. The van der Waals surface area contributed by atoms with Crippen molar-refractivity contribution in [1.29, 1.82) is 0 Å². The number of aromatic nitrogens is 2. The summed E-state index contributed by atoms with van der Waals surface area (Å²) in [7, 11) is 1.75. The minimum Gasteiger partial charge on any atom is -0.386 e. The lowest BCUT2D eigenvalue weighted by Gasteiger charge is -2.41. The number of benzene rings is 1. The first-order valence-electron chi connectivity index (χ1n) is 10.1. The van der Waals surface area contributed by atoms with Gasteiger partial charge in [-0.1, -0.05) is 24.3 Å². The lowest BCUT2D eigenvalue weighted by atomic mass is 9.90. The van der Waals surface area contributed by atoms with Crippen LogP contribution < -0.4 is 10.2 Å². The summed E-state index contributed by atoms with van der Waals surface area (Å²) >= 11 is 0. The Morgan fingerprint density at radius 1 is 1.10 bits per heavy atom. The third kappa shape index (κ3) is 3.84. The van der Waals surface area contributed by atoms with Crippen molar-refractivity contribution >= 4 is 17.5 Å². The molecule has 1 amide bonds. The number of nitrogens with one attached hydrogen (secondary N) is 1. The van der Waals surface area contributed by atoms with E-state index in [4.69, 9.17) is 4.74 Å². The summed E-state index contributed by atoms with van der Waals surface area (Å²) in [6.45, 7) is 3.49. The van der Waals surface area contributed by atoms with Gasteiger partial charge in [0.15, 0.2) is 11.6 Å². The van der Waals surface area contributed by atoms with Crippen LogP contribution in [0.2, 0.25) is 0 Å². The molecule has 2 aliphatic rings. The van der Waals surface area contributed by atoms with E-state index in [1.54, 1.807) is 33.4 Å². The van der Waals surface area contributed by atoms with E-state index in [2.05, 4.69) is 15.3 Å². The lowest BCUT2D eigenvalue weighted by molar-refractivity contribution is -0.120. The highest BCUT2D eigenvalue weighted by Gasteiger charge is 2.40. The molecular formula is C22H28N4O3. The highest BCUT2D eigenvalue weighted by atomic mass is 16.5. The molecule has 0 bridgehead atoms. The third-order valence-corrected chi connectivity index (χ3v) is 5.97. The number of fused-ring (bicyclic) bond motifs is 1. The molecule has 7 heteroatoms. The van der Waals surface area contributed by atoms with Gasteiger partial charge in [-0.2, -0.15) is 0 Å². The van der Waals surface area contributed by atoms with Crippen LogP contribution in [-0.2, 0) is 15.1 Å². The molecule has 1 aromatic carbocycles. The van der Waals surface area contributed by atoms with E-state index in [0.29, 0.717) is 11.6 Å². The molecule has 1 aliphatic heterocycles. The largest absolute Gasteiger partial charge is 0.386 e. The maximum atomic E-state index is 13.5. The number of rotatable bonds is 4. The third-order valence-electron chi connectivity index (χ3n) is 5.97. The van der Waals surface area contributed by atoms with Gasteiger partial charge in [0.2, 0.25) is 0 Å². The first-order valence-corrected chi connectivity index (χ1v) is 10.1. The average Bonchev–Trinajstić information content (AvgIpc) is 2.73. The second kappa shape index (κ2) is 7.72. The molecular weight excluding hydrogens is 368 g/mol. The highest BCUT2D eigenvalue weighted by molar-refractivity contribution is 6.04. The van der Waals surface area contributed by atoms with Crippen LogP contribution in [0.1, 0.15) is 56.7 Å². The molecule has 2 heterocycles. The van der Waals surface area contributed by atoms with E-state index >= 15 is 0 Å². The van der Waals surface area contributed by atoms with Gasteiger partial charge in [0.25, 0.3) is 5.91 Å². The van der Waals surface area contributed by atoms with Gasteiger partial charge in [0, 0.05) is 25.5 Å². The van der Waals surface area contributed by atoms with Crippen molar-refractivity contribution in [3.63, 3.8) is 0 Å². The SMILES string of the molecule is COC1CCC(N2C(=O)C(c3ccc(C(C)(C)O)cc3)Nc3nccnc32)CC1. The fourth-order valence-corrected chi connectivity index (χ4v) is 4.25. The number of nitrogens with zero attached hydrogens (tertiary/aromatic N) is 3. The van der Waals surface area contributed by atoms with Crippen molar-refractivity contribution in [3.05, 3.63) is 47.8 Å². The maximum absolute atomic E-state index is 13.5. The number of anilines is 2. The zero-order valence-corrected chi connectivity index (χ0v) is 17.1. The Labute approximate surface area is 171 Å². The molecule has 7 nitrogen and oxygen atoms in total. The van der Waals surface area contributed by atoms with Gasteiger partial charge in [0.1, 0.15) is 6.04 Å². The second-order valence-electron chi connectivity index (χ2n) is 8.36. The molecule has 1 fully saturated rings. The molecule has 1 saturated carbocycles. The van der Waals surface area contributed by atoms with Crippen LogP contribution >= 0.6 is 0 Å². The summed E-state index contributed by atoms with van der Waals surface area (Å²) in [4.78, 5) is 24.3. The molecule has 2 N–H and O–H groups in total. The Kier molecular flexibility index (Phi) is 5.27. The first-order chi connectivity index (χ1) is 13.9. The van der Waals surface area contributed by atoms with Gasteiger partial charge < -0.3 is 15.2 Å². The van der Waals surface area contributed by atoms with Crippen molar-refractivity contribution in [2.45, 2.75) is 63.3 Å². The molecule has 1 aromatic heterocycles. The summed E-state index contributed by atoms with van der Waals surface area (Å²) in [5.74, 6) is 1.20. The van der Waals surface area contributed by atoms with Crippen LogP contribution in [0.4, 0.5) is 11.6 Å². The summed E-state index contributed by atoms with van der Waals surface area (Å²) in [5.41, 5.74) is 0.724. The minimum atomic E-state index is -0.924. The Bertz CT molecular complexity index is 870. The lowest BCUT2D eigenvalue weighted by Crippen LogP contribution is -2.50. The van der Waals surface area contributed by atoms with Crippen molar-refractivity contribution in [2.24, 2.45) is 0 Å². The Morgan fingerprint density at radius 3 is 2.38 bits per heavy atom. The molecule has 0 spiro atoms. The van der Waals surface area contributed by atoms with Crippen LogP contribution in [0.25, 0.3) is 0 Å². The number of hydrogen-bond acceptors (Lipinski definition) is 6. The van der Waals surface area contributed by atoms with E-state index < -0.39 is 11.6 Å². The van der Waals surface area contributed by atoms with Gasteiger partial charge >= 0.3 is 0 Å². The molecule has 0 radical (unpaired) electrons. The molecule has 0 saturated heterocycles. The number of hydrogen-bond donors (Lipinski definition) is 2. The van der Waals surface area contributed by atoms with Gasteiger partial charge in [-0.3, -0.25) is 9.69 Å². The van der Waals surface area contributed by atoms with Crippen LogP contribution in [-0.4, -0.2) is 40.2 Å². The van der Waals surface area contributed by atoms with Crippen LogP contribution in [0.5, 0.6) is 0 Å². The Morgan fingerprint density at radius 2 is 1.76 bits per heavy atom. The van der Waals surface area contributed by atoms with E-state index in [1.807, 2.05) is 29.2 Å². The van der Waals surface area contributed by atoms with Crippen molar-refractivity contribution in [3.8, 4) is 0 Å². The maximum Gasteiger partial charge on any atom is 0.255 e. The van der Waals surface area contributed by atoms with Crippen molar-refractivity contribution in [2.75, 3.05) is 17.3 Å². The number of aliphatic hydroxyl groups is 1. The van der Waals surface area contributed by atoms with E-state index in [9.17, 15) is 9.90 Å². The Balaban J connectivity index is 1.65. The van der Waals surface area contributed by atoms with Crippen molar-refractivity contribution < 1.29 is 14.6 Å². The number of methoxy groups -OCH3 is 1. The zero-order chi connectivity index (χ0) is 20.6. The first kappa shape index (κ1) is 19.8. The number of amides is 1. The van der Waals surface area contributed by atoms with Gasteiger partial charge in [-0.05, 0) is 50.7 Å². The Hall–Kier alpha value is -2.51. The predicted octanol–water partition coefficient (Wildman–Crippen LogP) is 3.16. The summed E-state index contributed by atoms with van der Waals surface area (Å²) in [6, 6.07) is 7.07. The topological polar surface area (TPSA) is 87.6 Å².